The van der Waals surface area contributed by atoms with Crippen molar-refractivity contribution in [2.75, 3.05) is 23.9 Å². The molecule has 1 aliphatic heterocycles. The lowest BCUT2D eigenvalue weighted by Crippen LogP contribution is -2.30. The van der Waals surface area contributed by atoms with E-state index in [1.54, 1.807) is 30.3 Å². The molecule has 2 amide bonds. The highest BCUT2D eigenvalue weighted by atomic mass is 16.5. The summed E-state index contributed by atoms with van der Waals surface area (Å²) < 4.78 is 10.2. The van der Waals surface area contributed by atoms with E-state index in [-0.39, 0.29) is 12.5 Å². The number of esters is 1. The summed E-state index contributed by atoms with van der Waals surface area (Å²) in [6, 6.07) is 16.7. The Morgan fingerprint density at radius 2 is 1.91 bits per heavy atom. The SMILES string of the molecule is COC(=O)CNC(=O)c1cccc(NC(=O)c2ccoc2CN2c3ccccc3CC2C)c1. The second kappa shape index (κ2) is 9.60. The fourth-order valence-corrected chi connectivity index (χ4v) is 3.95. The first-order chi connectivity index (χ1) is 16.0. The molecule has 1 aliphatic rings. The van der Waals surface area contributed by atoms with Gasteiger partial charge in [0.25, 0.3) is 11.8 Å². The number of carbonyl (C=O) groups excluding carboxylic acids is 3. The highest BCUT2D eigenvalue weighted by Crippen LogP contribution is 2.33. The van der Waals surface area contributed by atoms with E-state index < -0.39 is 11.9 Å². The van der Waals surface area contributed by atoms with E-state index in [9.17, 15) is 14.4 Å². The number of carbonyl (C=O) groups is 3. The summed E-state index contributed by atoms with van der Waals surface area (Å²) in [6.07, 6.45) is 2.46. The van der Waals surface area contributed by atoms with Crippen molar-refractivity contribution in [1.82, 2.24) is 5.32 Å². The maximum absolute atomic E-state index is 13.0. The molecule has 1 atom stereocenters. The van der Waals surface area contributed by atoms with Crippen molar-refractivity contribution in [3.05, 3.63) is 83.3 Å². The van der Waals surface area contributed by atoms with Gasteiger partial charge in [0.05, 0.1) is 25.5 Å². The monoisotopic (exact) mass is 447 g/mol. The zero-order chi connectivity index (χ0) is 23.4. The third-order valence-electron chi connectivity index (χ3n) is 5.66. The van der Waals surface area contributed by atoms with Gasteiger partial charge in [0.2, 0.25) is 0 Å². The molecular formula is C25H25N3O5. The highest BCUT2D eigenvalue weighted by Gasteiger charge is 2.28. The van der Waals surface area contributed by atoms with Gasteiger partial charge in [0.15, 0.2) is 0 Å². The molecule has 1 aromatic heterocycles. The lowest BCUT2D eigenvalue weighted by molar-refractivity contribution is -0.139. The number of benzene rings is 2. The van der Waals surface area contributed by atoms with Crippen molar-refractivity contribution in [2.24, 2.45) is 0 Å². The number of hydrogen-bond donors (Lipinski definition) is 2. The van der Waals surface area contributed by atoms with Gasteiger partial charge in [-0.2, -0.15) is 0 Å². The van der Waals surface area contributed by atoms with Crippen molar-refractivity contribution < 1.29 is 23.5 Å². The van der Waals surface area contributed by atoms with E-state index in [0.29, 0.717) is 35.2 Å². The minimum atomic E-state index is -0.546. The number of ether oxygens (including phenoxy) is 1. The number of furan rings is 1. The molecule has 0 saturated carbocycles. The van der Waals surface area contributed by atoms with Gasteiger partial charge in [0, 0.05) is 23.0 Å². The molecule has 2 N–H and O–H groups in total. The molecule has 3 aromatic rings. The third-order valence-corrected chi connectivity index (χ3v) is 5.66. The van der Waals surface area contributed by atoms with Crippen LogP contribution in [0.3, 0.4) is 0 Å². The van der Waals surface area contributed by atoms with Crippen LogP contribution in [0.25, 0.3) is 0 Å². The van der Waals surface area contributed by atoms with Crippen LogP contribution in [-0.2, 0) is 22.5 Å². The first-order valence-corrected chi connectivity index (χ1v) is 10.6. The topological polar surface area (TPSA) is 101 Å². The first kappa shape index (κ1) is 22.1. The van der Waals surface area contributed by atoms with Crippen LogP contribution in [-0.4, -0.2) is 37.5 Å². The van der Waals surface area contributed by atoms with Gasteiger partial charge in [0.1, 0.15) is 12.3 Å². The third kappa shape index (κ3) is 4.90. The Morgan fingerprint density at radius 1 is 1.09 bits per heavy atom. The van der Waals surface area contributed by atoms with Crippen LogP contribution in [0.5, 0.6) is 0 Å². The number of para-hydroxylation sites is 1. The average Bonchev–Trinajstić information content (AvgIpc) is 3.42. The Kier molecular flexibility index (Phi) is 6.44. The van der Waals surface area contributed by atoms with E-state index in [4.69, 9.17) is 4.42 Å². The van der Waals surface area contributed by atoms with Gasteiger partial charge in [-0.3, -0.25) is 14.4 Å². The molecular weight excluding hydrogens is 422 g/mol. The summed E-state index contributed by atoms with van der Waals surface area (Å²) >= 11 is 0. The van der Waals surface area contributed by atoms with Crippen LogP contribution in [0.2, 0.25) is 0 Å². The second-order valence-electron chi connectivity index (χ2n) is 7.86. The summed E-state index contributed by atoms with van der Waals surface area (Å²) in [7, 11) is 1.25. The van der Waals surface area contributed by atoms with Crippen LogP contribution in [0.15, 0.2) is 65.3 Å². The summed E-state index contributed by atoms with van der Waals surface area (Å²) in [5.74, 6) is -0.744. The van der Waals surface area contributed by atoms with Gasteiger partial charge < -0.3 is 24.7 Å². The predicted molar refractivity (Wildman–Crippen MR) is 123 cm³/mol. The molecule has 8 nitrogen and oxygen atoms in total. The molecule has 0 saturated heterocycles. The van der Waals surface area contributed by atoms with E-state index in [1.165, 1.54) is 18.9 Å². The quantitative estimate of drug-likeness (QED) is 0.539. The standard InChI is InChI=1S/C25H25N3O5/c1-16-12-17-6-3-4-9-21(17)28(16)15-22-20(10-11-33-22)25(31)27-19-8-5-7-18(13-19)24(30)26-14-23(29)32-2/h3-11,13,16H,12,14-15H2,1-2H3,(H,26,30)(H,27,31). The van der Waals surface area contributed by atoms with E-state index >= 15 is 0 Å². The Morgan fingerprint density at radius 3 is 2.73 bits per heavy atom. The molecule has 0 aliphatic carbocycles. The Hall–Kier alpha value is -4.07. The van der Waals surface area contributed by atoms with Crippen molar-refractivity contribution in [2.45, 2.75) is 25.9 Å². The zero-order valence-electron chi connectivity index (χ0n) is 18.5. The summed E-state index contributed by atoms with van der Waals surface area (Å²) in [6.45, 7) is 2.39. The van der Waals surface area contributed by atoms with Crippen LogP contribution >= 0.6 is 0 Å². The number of rotatable bonds is 7. The molecule has 170 valence electrons. The van der Waals surface area contributed by atoms with E-state index in [1.807, 2.05) is 12.1 Å². The van der Waals surface area contributed by atoms with Crippen LogP contribution in [0.4, 0.5) is 11.4 Å². The van der Waals surface area contributed by atoms with Crippen molar-refractivity contribution >= 4 is 29.2 Å². The fourth-order valence-electron chi connectivity index (χ4n) is 3.95. The number of anilines is 2. The molecule has 8 heteroatoms. The van der Waals surface area contributed by atoms with Gasteiger partial charge in [-0.15, -0.1) is 0 Å². The minimum absolute atomic E-state index is 0.234. The minimum Gasteiger partial charge on any atom is -0.468 e. The summed E-state index contributed by atoms with van der Waals surface area (Å²) in [5, 5.41) is 5.29. The van der Waals surface area contributed by atoms with Gasteiger partial charge in [-0.1, -0.05) is 24.3 Å². The van der Waals surface area contributed by atoms with Gasteiger partial charge in [-0.05, 0) is 49.2 Å². The van der Waals surface area contributed by atoms with E-state index in [0.717, 1.165) is 12.1 Å². The highest BCUT2D eigenvalue weighted by molar-refractivity contribution is 6.06. The molecule has 2 heterocycles. The largest absolute Gasteiger partial charge is 0.468 e. The van der Waals surface area contributed by atoms with Crippen LogP contribution in [0.1, 0.15) is 39.0 Å². The zero-order valence-corrected chi connectivity index (χ0v) is 18.5. The number of nitrogens with zero attached hydrogens (tertiary/aromatic N) is 1. The van der Waals surface area contributed by atoms with E-state index in [2.05, 4.69) is 39.3 Å². The van der Waals surface area contributed by atoms with Crippen molar-refractivity contribution in [1.29, 1.82) is 0 Å². The Balaban J connectivity index is 1.45. The average molecular weight is 447 g/mol. The number of hydrogen-bond acceptors (Lipinski definition) is 6. The lowest BCUT2D eigenvalue weighted by atomic mass is 10.1. The van der Waals surface area contributed by atoms with Crippen molar-refractivity contribution in [3.8, 4) is 0 Å². The number of amides is 2. The second-order valence-corrected chi connectivity index (χ2v) is 7.86. The first-order valence-electron chi connectivity index (χ1n) is 10.6. The maximum atomic E-state index is 13.0. The maximum Gasteiger partial charge on any atom is 0.325 e. The predicted octanol–water partition coefficient (Wildman–Crippen LogP) is 3.39. The molecule has 1 unspecified atom stereocenters. The molecule has 0 radical (unpaired) electrons. The molecule has 0 fully saturated rings. The van der Waals surface area contributed by atoms with Gasteiger partial charge >= 0.3 is 5.97 Å². The van der Waals surface area contributed by atoms with Crippen LogP contribution < -0.4 is 15.5 Å². The van der Waals surface area contributed by atoms with Crippen LogP contribution in [0, 0.1) is 0 Å². The summed E-state index contributed by atoms with van der Waals surface area (Å²) in [5.41, 5.74) is 3.64. The molecule has 4 rings (SSSR count). The summed E-state index contributed by atoms with van der Waals surface area (Å²) in [4.78, 5) is 38.7. The molecule has 2 aromatic carbocycles. The number of methoxy groups -OCH3 is 1. The normalized spacial score (nSPS) is 14.5. The Labute approximate surface area is 191 Å². The number of fused-ring (bicyclic) bond motifs is 1. The Bertz CT molecular complexity index is 1190. The fraction of sp³-hybridized carbons (Fsp3) is 0.240. The molecule has 33 heavy (non-hydrogen) atoms. The van der Waals surface area contributed by atoms with Gasteiger partial charge in [-0.25, -0.2) is 0 Å². The number of nitrogens with one attached hydrogen (secondary N) is 2. The molecule has 0 bridgehead atoms. The van der Waals surface area contributed by atoms with Crippen molar-refractivity contribution in [3.63, 3.8) is 0 Å². The smallest absolute Gasteiger partial charge is 0.325 e. The lowest BCUT2D eigenvalue weighted by Gasteiger charge is -2.24. The molecule has 0 spiro atoms.